The van der Waals surface area contributed by atoms with Crippen LogP contribution in [0.3, 0.4) is 0 Å². The molecular weight excluding hydrogens is 371 g/mol. The van der Waals surface area contributed by atoms with Gasteiger partial charge in [-0.2, -0.15) is 0 Å². The molecule has 0 unspecified atom stereocenters. The van der Waals surface area contributed by atoms with Crippen molar-refractivity contribution in [3.8, 4) is 11.3 Å². The summed E-state index contributed by atoms with van der Waals surface area (Å²) in [4.78, 5) is 25.8. The van der Waals surface area contributed by atoms with Crippen molar-refractivity contribution in [2.75, 3.05) is 26.0 Å². The Morgan fingerprint density at radius 3 is 2.72 bits per heavy atom. The predicted molar refractivity (Wildman–Crippen MR) is 112 cm³/mol. The largest absolute Gasteiger partial charge is 0.347 e. The Morgan fingerprint density at radius 1 is 1.21 bits per heavy atom. The number of amides is 1. The van der Waals surface area contributed by atoms with Crippen LogP contribution >= 0.6 is 0 Å². The normalized spacial score (nSPS) is 11.2. The number of aromatic nitrogens is 2. The van der Waals surface area contributed by atoms with Crippen LogP contribution in [0.1, 0.15) is 5.82 Å². The third-order valence-electron chi connectivity index (χ3n) is 4.19. The van der Waals surface area contributed by atoms with Crippen molar-refractivity contribution in [3.63, 3.8) is 0 Å². The third kappa shape index (κ3) is 5.65. The highest BCUT2D eigenvalue weighted by atomic mass is 19.1. The Kier molecular flexibility index (Phi) is 6.57. The zero-order valence-corrected chi connectivity index (χ0v) is 16.3. The van der Waals surface area contributed by atoms with E-state index in [0.29, 0.717) is 18.2 Å². The fourth-order valence-corrected chi connectivity index (χ4v) is 2.82. The van der Waals surface area contributed by atoms with Gasteiger partial charge < -0.3 is 20.5 Å². The summed E-state index contributed by atoms with van der Waals surface area (Å²) >= 11 is 0. The van der Waals surface area contributed by atoms with Gasteiger partial charge in [-0.05, 0) is 23.8 Å². The molecule has 1 amide bonds. The molecule has 3 rings (SSSR count). The Bertz CT molecular complexity index is 986. The average molecular weight is 394 g/mol. The summed E-state index contributed by atoms with van der Waals surface area (Å²) in [7, 11) is 3.49. The van der Waals surface area contributed by atoms with Crippen LogP contribution in [0, 0.1) is 5.82 Å². The number of benzene rings is 2. The first-order valence-corrected chi connectivity index (χ1v) is 9.11. The van der Waals surface area contributed by atoms with E-state index in [0.717, 1.165) is 17.1 Å². The summed E-state index contributed by atoms with van der Waals surface area (Å²) in [5, 5.41) is 5.63. The standard InChI is InChI=1S/C21H23FN6O/c1-23-21(25-13-20(29)26-17-10-6-9-16(22)11-17)28(2)14-19-24-12-18(27-19)15-7-4-3-5-8-15/h3-12H,13-14H2,1-2H3,(H,23,25)(H,24,27)(H,26,29). The molecule has 0 fully saturated rings. The Morgan fingerprint density at radius 2 is 2.00 bits per heavy atom. The van der Waals surface area contributed by atoms with Crippen LogP contribution < -0.4 is 10.6 Å². The van der Waals surface area contributed by atoms with Gasteiger partial charge in [0.2, 0.25) is 5.91 Å². The lowest BCUT2D eigenvalue weighted by Gasteiger charge is -2.20. The Labute approximate surface area is 168 Å². The number of anilines is 1. The zero-order valence-electron chi connectivity index (χ0n) is 16.3. The highest BCUT2D eigenvalue weighted by Gasteiger charge is 2.11. The van der Waals surface area contributed by atoms with E-state index in [-0.39, 0.29) is 12.5 Å². The van der Waals surface area contributed by atoms with Gasteiger partial charge >= 0.3 is 0 Å². The van der Waals surface area contributed by atoms with Gasteiger partial charge in [-0.15, -0.1) is 0 Å². The summed E-state index contributed by atoms with van der Waals surface area (Å²) in [5.41, 5.74) is 2.40. The van der Waals surface area contributed by atoms with E-state index in [1.807, 2.05) is 42.3 Å². The second kappa shape index (κ2) is 9.50. The zero-order chi connectivity index (χ0) is 20.6. The number of carbonyl (C=O) groups is 1. The van der Waals surface area contributed by atoms with Crippen LogP contribution in [0.5, 0.6) is 0 Å². The molecule has 150 valence electrons. The van der Waals surface area contributed by atoms with Crippen molar-refractivity contribution < 1.29 is 9.18 Å². The highest BCUT2D eigenvalue weighted by Crippen LogP contribution is 2.16. The number of H-pyrrole nitrogens is 1. The monoisotopic (exact) mass is 394 g/mol. The number of nitrogens with zero attached hydrogens (tertiary/aromatic N) is 3. The number of carbonyl (C=O) groups excluding carboxylic acids is 1. The molecular formula is C21H23FN6O. The van der Waals surface area contributed by atoms with E-state index < -0.39 is 5.82 Å². The molecule has 0 atom stereocenters. The average Bonchev–Trinajstić information content (AvgIpc) is 3.17. The van der Waals surface area contributed by atoms with Crippen molar-refractivity contribution in [1.82, 2.24) is 20.2 Å². The lowest BCUT2D eigenvalue weighted by Crippen LogP contribution is -2.42. The summed E-state index contributed by atoms with van der Waals surface area (Å²) in [6, 6.07) is 15.7. The molecule has 3 N–H and O–H groups in total. The fourth-order valence-electron chi connectivity index (χ4n) is 2.82. The first-order valence-electron chi connectivity index (χ1n) is 9.11. The van der Waals surface area contributed by atoms with Gasteiger partial charge in [0.05, 0.1) is 25.0 Å². The van der Waals surface area contributed by atoms with Gasteiger partial charge in [-0.25, -0.2) is 9.37 Å². The van der Waals surface area contributed by atoms with Gasteiger partial charge in [0.25, 0.3) is 0 Å². The number of aromatic amines is 1. The number of imidazole rings is 1. The number of guanidine groups is 1. The quantitative estimate of drug-likeness (QED) is 0.443. The number of rotatable bonds is 6. The van der Waals surface area contributed by atoms with Gasteiger partial charge in [0, 0.05) is 19.8 Å². The number of nitrogens with one attached hydrogen (secondary N) is 3. The molecule has 0 radical (unpaired) electrons. The maximum absolute atomic E-state index is 13.2. The predicted octanol–water partition coefficient (Wildman–Crippen LogP) is 2.86. The smallest absolute Gasteiger partial charge is 0.243 e. The van der Waals surface area contributed by atoms with Gasteiger partial charge in [-0.1, -0.05) is 36.4 Å². The number of aliphatic imine (C=N–C) groups is 1. The molecule has 29 heavy (non-hydrogen) atoms. The minimum atomic E-state index is -0.403. The van der Waals surface area contributed by atoms with Crippen LogP contribution in [0.25, 0.3) is 11.3 Å². The van der Waals surface area contributed by atoms with Crippen LogP contribution in [-0.2, 0) is 11.3 Å². The van der Waals surface area contributed by atoms with Crippen molar-refractivity contribution in [3.05, 3.63) is 72.4 Å². The number of hydrogen-bond acceptors (Lipinski definition) is 3. The molecule has 0 spiro atoms. The molecule has 3 aromatic rings. The third-order valence-corrected chi connectivity index (χ3v) is 4.19. The number of halogens is 1. The van der Waals surface area contributed by atoms with Crippen molar-refractivity contribution in [2.24, 2.45) is 4.99 Å². The van der Waals surface area contributed by atoms with E-state index in [2.05, 4.69) is 25.6 Å². The molecule has 7 nitrogen and oxygen atoms in total. The highest BCUT2D eigenvalue weighted by molar-refractivity contribution is 5.94. The maximum Gasteiger partial charge on any atom is 0.243 e. The lowest BCUT2D eigenvalue weighted by molar-refractivity contribution is -0.115. The van der Waals surface area contributed by atoms with Crippen molar-refractivity contribution in [1.29, 1.82) is 0 Å². The van der Waals surface area contributed by atoms with E-state index in [1.54, 1.807) is 19.3 Å². The summed E-state index contributed by atoms with van der Waals surface area (Å²) in [6.07, 6.45) is 1.79. The van der Waals surface area contributed by atoms with Crippen LogP contribution in [-0.4, -0.2) is 47.4 Å². The first kappa shape index (κ1) is 20.1. The summed E-state index contributed by atoms with van der Waals surface area (Å²) < 4.78 is 13.2. The van der Waals surface area contributed by atoms with Gasteiger partial charge in [-0.3, -0.25) is 9.79 Å². The topological polar surface area (TPSA) is 85.4 Å². The summed E-state index contributed by atoms with van der Waals surface area (Å²) in [5.74, 6) is 0.615. The SMILES string of the molecule is CN=C(NCC(=O)Nc1cccc(F)c1)N(C)Cc1ncc(-c2ccccc2)[nH]1. The van der Waals surface area contributed by atoms with E-state index >= 15 is 0 Å². The minimum absolute atomic E-state index is 0.000939. The van der Waals surface area contributed by atoms with Gasteiger partial charge in [0.1, 0.15) is 11.6 Å². The summed E-state index contributed by atoms with van der Waals surface area (Å²) in [6.45, 7) is 0.485. The van der Waals surface area contributed by atoms with Crippen LogP contribution in [0.2, 0.25) is 0 Å². The van der Waals surface area contributed by atoms with E-state index in [4.69, 9.17) is 0 Å². The molecule has 1 heterocycles. The number of hydrogen-bond donors (Lipinski definition) is 3. The molecule has 1 aromatic heterocycles. The molecule has 2 aromatic carbocycles. The van der Waals surface area contributed by atoms with Crippen LogP contribution in [0.4, 0.5) is 10.1 Å². The van der Waals surface area contributed by atoms with Crippen molar-refractivity contribution >= 4 is 17.6 Å². The lowest BCUT2D eigenvalue weighted by atomic mass is 10.2. The molecule has 0 bridgehead atoms. The van der Waals surface area contributed by atoms with E-state index in [9.17, 15) is 9.18 Å². The molecule has 8 heteroatoms. The van der Waals surface area contributed by atoms with E-state index in [1.165, 1.54) is 18.2 Å². The Hall–Kier alpha value is -3.68. The molecule has 0 saturated heterocycles. The minimum Gasteiger partial charge on any atom is -0.347 e. The maximum atomic E-state index is 13.2. The molecule has 0 saturated carbocycles. The van der Waals surface area contributed by atoms with Crippen LogP contribution in [0.15, 0.2) is 65.8 Å². The molecule has 0 aliphatic rings. The first-order chi connectivity index (χ1) is 14.0. The second-order valence-electron chi connectivity index (χ2n) is 6.42. The fraction of sp³-hybridized carbons (Fsp3) is 0.190. The van der Waals surface area contributed by atoms with Gasteiger partial charge in [0.15, 0.2) is 5.96 Å². The Balaban J connectivity index is 1.53. The second-order valence-corrected chi connectivity index (χ2v) is 6.42. The molecule has 0 aliphatic carbocycles. The molecule has 0 aliphatic heterocycles. The van der Waals surface area contributed by atoms with Crippen molar-refractivity contribution in [2.45, 2.75) is 6.54 Å².